The van der Waals surface area contributed by atoms with Crippen LogP contribution in [0.1, 0.15) is 25.0 Å². The van der Waals surface area contributed by atoms with Gasteiger partial charge >= 0.3 is 0 Å². The van der Waals surface area contributed by atoms with Gasteiger partial charge in [0.2, 0.25) is 26.0 Å². The summed E-state index contributed by atoms with van der Waals surface area (Å²) in [7, 11) is -7.62. The van der Waals surface area contributed by atoms with E-state index in [0.29, 0.717) is 11.1 Å². The van der Waals surface area contributed by atoms with E-state index < -0.39 is 31.4 Å². The van der Waals surface area contributed by atoms with Crippen LogP contribution in [0.4, 0.5) is 5.69 Å². The van der Waals surface area contributed by atoms with Crippen LogP contribution in [0.5, 0.6) is 0 Å². The van der Waals surface area contributed by atoms with Crippen molar-refractivity contribution in [3.8, 4) is 0 Å². The van der Waals surface area contributed by atoms with Crippen LogP contribution in [0.3, 0.4) is 0 Å². The van der Waals surface area contributed by atoms with Crippen molar-refractivity contribution >= 4 is 31.6 Å². The van der Waals surface area contributed by atoms with Crippen LogP contribution in [0.2, 0.25) is 0 Å². The number of amides is 1. The van der Waals surface area contributed by atoms with Crippen LogP contribution in [-0.4, -0.2) is 33.5 Å². The van der Waals surface area contributed by atoms with Crippen LogP contribution < -0.4 is 9.03 Å². The second-order valence-corrected chi connectivity index (χ2v) is 10.9. The molecule has 2 heterocycles. The number of benzene rings is 1. The quantitative estimate of drug-likeness (QED) is 0.781. The van der Waals surface area contributed by atoms with E-state index in [1.807, 2.05) is 0 Å². The third-order valence-electron chi connectivity index (χ3n) is 4.46. The lowest BCUT2D eigenvalue weighted by molar-refractivity contribution is -0.123. The van der Waals surface area contributed by atoms with Gasteiger partial charge in [0.25, 0.3) is 0 Å². The van der Waals surface area contributed by atoms with E-state index in [1.165, 1.54) is 18.2 Å². The summed E-state index contributed by atoms with van der Waals surface area (Å²) < 4.78 is 53.3. The smallest absolute Gasteiger partial charge is 0.247 e. The zero-order valence-corrected chi connectivity index (χ0v) is 17.3. The van der Waals surface area contributed by atoms with Crippen molar-refractivity contribution in [2.75, 3.05) is 10.1 Å². The Morgan fingerprint density at radius 2 is 1.96 bits per heavy atom. The molecule has 0 radical (unpaired) electrons. The highest BCUT2D eigenvalue weighted by Gasteiger charge is 2.50. The molecule has 0 aliphatic carbocycles. The minimum Gasteiger partial charge on any atom is -0.273 e. The van der Waals surface area contributed by atoms with Gasteiger partial charge in [0.1, 0.15) is 0 Å². The number of nitrogens with zero attached hydrogens (tertiary/aromatic N) is 2. The van der Waals surface area contributed by atoms with Gasteiger partial charge in [-0.3, -0.25) is 9.78 Å². The molecule has 0 atom stereocenters. The molecule has 1 aromatic heterocycles. The van der Waals surface area contributed by atoms with Crippen molar-refractivity contribution in [1.29, 1.82) is 0 Å². The fraction of sp³-hybridized carbons (Fsp3) is 0.333. The molecule has 0 unspecified atom stereocenters. The first kappa shape index (κ1) is 20.4. The van der Waals surface area contributed by atoms with E-state index in [2.05, 4.69) is 9.71 Å². The molecule has 0 spiro atoms. The van der Waals surface area contributed by atoms with Crippen molar-refractivity contribution in [2.45, 2.75) is 32.2 Å². The summed E-state index contributed by atoms with van der Waals surface area (Å²) in [6, 6.07) is 7.50. The van der Waals surface area contributed by atoms with Crippen molar-refractivity contribution in [2.24, 2.45) is 5.41 Å². The van der Waals surface area contributed by atoms with E-state index in [4.69, 9.17) is 0 Å². The maximum absolute atomic E-state index is 12.6. The molecule has 1 N–H and O–H groups in total. The maximum Gasteiger partial charge on any atom is 0.247 e. The molecule has 0 bridgehead atoms. The highest BCUT2D eigenvalue weighted by atomic mass is 32.2. The van der Waals surface area contributed by atoms with E-state index in [0.717, 1.165) is 4.31 Å². The van der Waals surface area contributed by atoms with Crippen LogP contribution in [0.15, 0.2) is 47.6 Å². The Hall–Kier alpha value is -2.30. The number of rotatable bonds is 5. The lowest BCUT2D eigenvalue weighted by atomic mass is 9.95. The number of hydrogen-bond donors (Lipinski definition) is 1. The Morgan fingerprint density at radius 3 is 2.50 bits per heavy atom. The topological polar surface area (TPSA) is 114 Å². The molecule has 3 rings (SSSR count). The summed E-state index contributed by atoms with van der Waals surface area (Å²) in [4.78, 5) is 16.5. The number of anilines is 1. The minimum absolute atomic E-state index is 0.0171. The molecule has 1 fully saturated rings. The number of pyridine rings is 1. The highest BCUT2D eigenvalue weighted by Crippen LogP contribution is 2.36. The lowest BCUT2D eigenvalue weighted by Gasteiger charge is -2.19. The average molecular weight is 424 g/mol. The number of hydrogen-bond acceptors (Lipinski definition) is 6. The third-order valence-corrected chi connectivity index (χ3v) is 8.04. The first-order valence-corrected chi connectivity index (χ1v) is 11.6. The summed E-state index contributed by atoms with van der Waals surface area (Å²) in [5.74, 6) is -0.817. The van der Waals surface area contributed by atoms with Gasteiger partial charge in [-0.15, -0.1) is 0 Å². The molecule has 10 heteroatoms. The molecular formula is C18H21N3O5S2. The van der Waals surface area contributed by atoms with E-state index in [1.54, 1.807) is 45.3 Å². The summed E-state index contributed by atoms with van der Waals surface area (Å²) in [5, 5.41) is 0. The Kier molecular flexibility index (Phi) is 5.07. The van der Waals surface area contributed by atoms with Crippen molar-refractivity contribution < 1.29 is 21.6 Å². The molecule has 0 saturated carbocycles. The minimum atomic E-state index is -3.83. The Bertz CT molecular complexity index is 1130. The van der Waals surface area contributed by atoms with Gasteiger partial charge in [-0.25, -0.2) is 25.9 Å². The Morgan fingerprint density at radius 1 is 1.25 bits per heavy atom. The van der Waals surface area contributed by atoms with Crippen molar-refractivity contribution in [1.82, 2.24) is 9.71 Å². The molecular weight excluding hydrogens is 402 g/mol. The van der Waals surface area contributed by atoms with Gasteiger partial charge in [0, 0.05) is 18.9 Å². The van der Waals surface area contributed by atoms with Gasteiger partial charge in [-0.1, -0.05) is 6.07 Å². The van der Waals surface area contributed by atoms with Crippen LogP contribution in [0.25, 0.3) is 0 Å². The number of carbonyl (C=O) groups excluding carboxylic acids is 1. The largest absolute Gasteiger partial charge is 0.273 e. The summed E-state index contributed by atoms with van der Waals surface area (Å²) in [6.45, 7) is 4.77. The summed E-state index contributed by atoms with van der Waals surface area (Å²) >= 11 is 0. The van der Waals surface area contributed by atoms with E-state index in [9.17, 15) is 21.6 Å². The molecule has 2 aromatic rings. The fourth-order valence-corrected chi connectivity index (χ4v) is 6.42. The Labute approximate surface area is 164 Å². The second kappa shape index (κ2) is 6.94. The lowest BCUT2D eigenvalue weighted by Crippen LogP contribution is -2.33. The predicted octanol–water partition coefficient (Wildman–Crippen LogP) is 1.57. The summed E-state index contributed by atoms with van der Waals surface area (Å²) in [5.41, 5.74) is 0.155. The van der Waals surface area contributed by atoms with Crippen molar-refractivity contribution in [3.05, 3.63) is 53.9 Å². The number of nitrogens with one attached hydrogen (secondary N) is 1. The van der Waals surface area contributed by atoms with Crippen LogP contribution >= 0.6 is 0 Å². The van der Waals surface area contributed by atoms with Gasteiger partial charge in [0.15, 0.2) is 0 Å². The van der Waals surface area contributed by atoms with Gasteiger partial charge in [-0.2, -0.15) is 0 Å². The van der Waals surface area contributed by atoms with Gasteiger partial charge in [0.05, 0.1) is 21.8 Å². The van der Waals surface area contributed by atoms with Gasteiger partial charge < -0.3 is 0 Å². The molecule has 1 aliphatic heterocycles. The predicted molar refractivity (Wildman–Crippen MR) is 104 cm³/mol. The zero-order chi connectivity index (χ0) is 20.7. The second-order valence-electron chi connectivity index (χ2n) is 7.35. The molecule has 8 nitrogen and oxygen atoms in total. The first-order chi connectivity index (χ1) is 12.9. The standard InChI is InChI=1S/C18H21N3O5S2/c1-13-9-15(21-17(22)18(2,3)12-27(21,23)24)6-7-16(13)28(25,26)20-11-14-5-4-8-19-10-14/h4-10,20H,11-12H2,1-3H3. The third kappa shape index (κ3) is 3.80. The number of sulfonamides is 2. The van der Waals surface area contributed by atoms with E-state index in [-0.39, 0.29) is 22.9 Å². The zero-order valence-electron chi connectivity index (χ0n) is 15.7. The molecule has 1 saturated heterocycles. The van der Waals surface area contributed by atoms with E-state index >= 15 is 0 Å². The molecule has 1 aliphatic rings. The SMILES string of the molecule is Cc1cc(N2C(=O)C(C)(C)CS2(=O)=O)ccc1S(=O)(=O)NCc1cccnc1. The van der Waals surface area contributed by atoms with Gasteiger partial charge in [-0.05, 0) is 56.2 Å². The average Bonchev–Trinajstić information content (AvgIpc) is 2.76. The maximum atomic E-state index is 12.6. The van der Waals surface area contributed by atoms with Crippen molar-refractivity contribution in [3.63, 3.8) is 0 Å². The summed E-state index contributed by atoms with van der Waals surface area (Å²) in [6.07, 6.45) is 3.15. The Balaban J connectivity index is 1.89. The first-order valence-electron chi connectivity index (χ1n) is 8.51. The number of carbonyl (C=O) groups is 1. The molecule has 150 valence electrons. The van der Waals surface area contributed by atoms with Crippen LogP contribution in [-0.2, 0) is 31.4 Å². The normalized spacial score (nSPS) is 18.4. The molecule has 1 amide bonds. The monoisotopic (exact) mass is 423 g/mol. The highest BCUT2D eigenvalue weighted by molar-refractivity contribution is 7.94. The molecule has 1 aromatic carbocycles. The number of aromatic nitrogens is 1. The van der Waals surface area contributed by atoms with Crippen LogP contribution in [0, 0.1) is 12.3 Å². The number of aryl methyl sites for hydroxylation is 1. The molecule has 28 heavy (non-hydrogen) atoms. The fourth-order valence-electron chi connectivity index (χ4n) is 3.08.